The van der Waals surface area contributed by atoms with E-state index in [0.29, 0.717) is 42.2 Å². The molecule has 0 radical (unpaired) electrons. The van der Waals surface area contributed by atoms with Crippen LogP contribution in [0.2, 0.25) is 0 Å². The van der Waals surface area contributed by atoms with Gasteiger partial charge in [-0.05, 0) is 54.2 Å². The smallest absolute Gasteiger partial charge is 0.339 e. The van der Waals surface area contributed by atoms with Crippen LogP contribution >= 0.6 is 0 Å². The first kappa shape index (κ1) is 20.9. The maximum atomic E-state index is 13.7. The van der Waals surface area contributed by atoms with Crippen molar-refractivity contribution in [2.24, 2.45) is 11.7 Å². The predicted molar refractivity (Wildman–Crippen MR) is 128 cm³/mol. The molecule has 0 unspecified atom stereocenters. The molecule has 2 aliphatic heterocycles. The Hall–Kier alpha value is -4.47. The van der Waals surface area contributed by atoms with Gasteiger partial charge in [0.1, 0.15) is 11.4 Å². The van der Waals surface area contributed by atoms with E-state index in [4.69, 9.17) is 10.5 Å². The number of esters is 1. The zero-order chi connectivity index (χ0) is 24.9. The number of pyridine rings is 1. The number of ether oxygens (including phenoxy) is 1. The summed E-state index contributed by atoms with van der Waals surface area (Å²) in [5.74, 6) is -0.884. The molecule has 2 fully saturated rings. The van der Waals surface area contributed by atoms with Crippen molar-refractivity contribution >= 4 is 40.3 Å². The van der Waals surface area contributed by atoms with Crippen molar-refractivity contribution in [2.45, 2.75) is 18.3 Å². The number of likely N-dealkylation sites (tertiary alicyclic amines) is 1. The monoisotopic (exact) mass is 483 g/mol. The number of carbonyl (C=O) groups is 4. The van der Waals surface area contributed by atoms with Crippen LogP contribution in [0.3, 0.4) is 0 Å². The van der Waals surface area contributed by atoms with Gasteiger partial charge >= 0.3 is 12.0 Å². The Labute approximate surface area is 204 Å². The molecule has 2 aliphatic carbocycles. The molecule has 3 amide bonds. The van der Waals surface area contributed by atoms with E-state index in [1.165, 1.54) is 24.3 Å². The number of H-pyrrole nitrogens is 1. The Morgan fingerprint density at radius 2 is 2.06 bits per heavy atom. The lowest BCUT2D eigenvalue weighted by Crippen LogP contribution is -2.34. The lowest BCUT2D eigenvalue weighted by atomic mass is 9.83. The first-order valence-corrected chi connectivity index (χ1v) is 11.7. The molecule has 1 aromatic carbocycles. The van der Waals surface area contributed by atoms with E-state index < -0.39 is 17.4 Å². The fourth-order valence-electron chi connectivity index (χ4n) is 6.32. The molecule has 3 N–H and O–H groups in total. The number of allylic oxidation sites excluding steroid dienone is 2. The van der Waals surface area contributed by atoms with Crippen molar-refractivity contribution in [3.05, 3.63) is 70.3 Å². The van der Waals surface area contributed by atoms with Crippen LogP contribution in [-0.2, 0) is 16.6 Å². The summed E-state index contributed by atoms with van der Waals surface area (Å²) in [7, 11) is 1.30. The summed E-state index contributed by atoms with van der Waals surface area (Å²) in [6.07, 6.45) is 4.32. The number of nitrogens with zero attached hydrogens (tertiary/aromatic N) is 3. The van der Waals surface area contributed by atoms with Crippen molar-refractivity contribution < 1.29 is 23.9 Å². The van der Waals surface area contributed by atoms with Gasteiger partial charge in [0.25, 0.3) is 5.91 Å². The number of benzene rings is 1. The molecule has 7 rings (SSSR count). The van der Waals surface area contributed by atoms with Gasteiger partial charge in [-0.1, -0.05) is 0 Å². The summed E-state index contributed by atoms with van der Waals surface area (Å²) in [5, 5.41) is 0.879. The van der Waals surface area contributed by atoms with Gasteiger partial charge in [0, 0.05) is 53.1 Å². The topological polar surface area (TPSA) is 139 Å². The molecule has 4 heterocycles. The number of hydrogen-bond acceptors (Lipinski definition) is 6. The van der Waals surface area contributed by atoms with Crippen LogP contribution in [0.15, 0.2) is 42.2 Å². The van der Waals surface area contributed by atoms with Gasteiger partial charge in [-0.15, -0.1) is 0 Å². The summed E-state index contributed by atoms with van der Waals surface area (Å²) in [6.45, 7) is 0.979. The first-order valence-electron chi connectivity index (χ1n) is 11.7. The summed E-state index contributed by atoms with van der Waals surface area (Å²) in [6, 6.07) is 6.68. The second kappa shape index (κ2) is 6.81. The van der Waals surface area contributed by atoms with Gasteiger partial charge in [-0.25, -0.2) is 9.59 Å². The number of ketones is 1. The number of aromatic nitrogens is 2. The number of rotatable bonds is 2. The Kier molecular flexibility index (Phi) is 3.95. The molecular weight excluding hydrogens is 462 g/mol. The molecule has 10 heteroatoms. The van der Waals surface area contributed by atoms with Gasteiger partial charge in [0.2, 0.25) is 5.78 Å². The second-order valence-electron chi connectivity index (χ2n) is 9.74. The minimum atomic E-state index is -0.520. The number of aromatic amines is 1. The number of nitrogens with two attached hydrogens (primary N) is 1. The fraction of sp³-hybridized carbons (Fsp3) is 0.269. The highest BCUT2D eigenvalue weighted by molar-refractivity contribution is 6.10. The second-order valence-corrected chi connectivity index (χ2v) is 9.74. The molecule has 180 valence electrons. The van der Waals surface area contributed by atoms with Crippen LogP contribution in [0.4, 0.5) is 10.5 Å². The first-order chi connectivity index (χ1) is 17.3. The minimum absolute atomic E-state index is 0.145. The SMILES string of the molecule is COC(=O)c1cnc2c(c1)[C@]13C[C@H]1CN(C(=O)c1cc4c5c(ccc4[nH]1)N(C(N)=O)CC5)C3=CC2=O. The third kappa shape index (κ3) is 2.53. The molecule has 1 spiro atoms. The summed E-state index contributed by atoms with van der Waals surface area (Å²) in [4.78, 5) is 61.2. The van der Waals surface area contributed by atoms with E-state index in [1.807, 2.05) is 18.2 Å². The number of anilines is 1. The van der Waals surface area contributed by atoms with Gasteiger partial charge < -0.3 is 20.4 Å². The lowest BCUT2D eigenvalue weighted by Gasteiger charge is -2.28. The number of nitrogens with one attached hydrogen (secondary N) is 1. The van der Waals surface area contributed by atoms with E-state index in [0.717, 1.165) is 28.6 Å². The van der Waals surface area contributed by atoms with E-state index in [2.05, 4.69) is 9.97 Å². The zero-order valence-corrected chi connectivity index (χ0v) is 19.3. The number of amides is 3. The van der Waals surface area contributed by atoms with E-state index in [-0.39, 0.29) is 23.2 Å². The average molecular weight is 483 g/mol. The van der Waals surface area contributed by atoms with Crippen LogP contribution in [0.5, 0.6) is 0 Å². The Morgan fingerprint density at radius 3 is 2.83 bits per heavy atom. The van der Waals surface area contributed by atoms with Gasteiger partial charge in [0.15, 0.2) is 0 Å². The molecule has 4 aliphatic rings. The summed E-state index contributed by atoms with van der Waals surface area (Å²) < 4.78 is 4.83. The molecule has 1 saturated heterocycles. The van der Waals surface area contributed by atoms with E-state index in [9.17, 15) is 19.2 Å². The zero-order valence-electron chi connectivity index (χ0n) is 19.3. The molecular formula is C26H21N5O5. The van der Waals surface area contributed by atoms with Gasteiger partial charge in [-0.2, -0.15) is 0 Å². The number of methoxy groups -OCH3 is 1. The van der Waals surface area contributed by atoms with Crippen LogP contribution in [0.25, 0.3) is 10.9 Å². The van der Waals surface area contributed by atoms with Crippen molar-refractivity contribution in [2.75, 3.05) is 25.1 Å². The molecule has 2 atom stereocenters. The van der Waals surface area contributed by atoms with Gasteiger partial charge in [-0.3, -0.25) is 19.5 Å². The number of urea groups is 1. The van der Waals surface area contributed by atoms with Crippen LogP contribution < -0.4 is 10.6 Å². The molecule has 10 nitrogen and oxygen atoms in total. The van der Waals surface area contributed by atoms with Crippen LogP contribution in [-0.4, -0.2) is 58.8 Å². The molecule has 3 aromatic rings. The normalized spacial score (nSPS) is 23.1. The number of carbonyl (C=O) groups excluding carboxylic acids is 4. The van der Waals surface area contributed by atoms with Crippen molar-refractivity contribution in [1.29, 1.82) is 0 Å². The average Bonchev–Trinajstić information content (AvgIpc) is 3.21. The standard InChI is InChI=1S/C26H21N5O5/c1-36-24(34)12-6-16-22(28-10-12)20(32)8-21-26(16)9-13(26)11-31(21)23(33)18-7-15-14-4-5-30(25(27)35)19(14)3-2-17(15)29-18/h2-3,6-8,10,13,29H,4-5,9,11H2,1H3,(H2,27,35)/t13-,26-/m0/s1. The molecule has 2 aromatic heterocycles. The maximum Gasteiger partial charge on any atom is 0.339 e. The number of piperidine rings is 1. The third-order valence-corrected chi connectivity index (χ3v) is 8.05. The minimum Gasteiger partial charge on any atom is -0.465 e. The Morgan fingerprint density at radius 1 is 1.22 bits per heavy atom. The van der Waals surface area contributed by atoms with Crippen LogP contribution in [0, 0.1) is 5.92 Å². The maximum absolute atomic E-state index is 13.7. The van der Waals surface area contributed by atoms with E-state index >= 15 is 0 Å². The fourth-order valence-corrected chi connectivity index (χ4v) is 6.32. The molecule has 36 heavy (non-hydrogen) atoms. The highest BCUT2D eigenvalue weighted by atomic mass is 16.5. The van der Waals surface area contributed by atoms with Crippen molar-refractivity contribution in [3.63, 3.8) is 0 Å². The quantitative estimate of drug-likeness (QED) is 0.536. The Bertz CT molecular complexity index is 1600. The summed E-state index contributed by atoms with van der Waals surface area (Å²) >= 11 is 0. The largest absolute Gasteiger partial charge is 0.465 e. The van der Waals surface area contributed by atoms with Crippen LogP contribution in [0.1, 0.15) is 48.9 Å². The summed E-state index contributed by atoms with van der Waals surface area (Å²) in [5.41, 5.74) is 9.91. The number of fused-ring (bicyclic) bond motifs is 4. The lowest BCUT2D eigenvalue weighted by molar-refractivity contribution is 0.0599. The number of hydrogen-bond donors (Lipinski definition) is 2. The van der Waals surface area contributed by atoms with Gasteiger partial charge in [0.05, 0.1) is 12.7 Å². The predicted octanol–water partition coefficient (Wildman–Crippen LogP) is 2.28. The Balaban J connectivity index is 1.27. The van der Waals surface area contributed by atoms with Crippen molar-refractivity contribution in [1.82, 2.24) is 14.9 Å². The highest BCUT2D eigenvalue weighted by Gasteiger charge is 2.67. The van der Waals surface area contributed by atoms with E-state index in [1.54, 1.807) is 11.0 Å². The third-order valence-electron chi connectivity index (χ3n) is 8.05. The van der Waals surface area contributed by atoms with Crippen molar-refractivity contribution in [3.8, 4) is 0 Å². The molecule has 0 bridgehead atoms. The highest BCUT2D eigenvalue weighted by Crippen LogP contribution is 2.66. The number of primary amides is 1. The molecule has 1 saturated carbocycles.